The predicted octanol–water partition coefficient (Wildman–Crippen LogP) is 2.86. The third-order valence-corrected chi connectivity index (χ3v) is 2.97. The number of carbonyl (C=O) groups excluding carboxylic acids is 2. The molecule has 0 saturated carbocycles. The summed E-state index contributed by atoms with van der Waals surface area (Å²) >= 11 is 0. The van der Waals surface area contributed by atoms with Crippen LogP contribution in [0.2, 0.25) is 0 Å². The molecule has 0 bridgehead atoms. The van der Waals surface area contributed by atoms with E-state index in [1.165, 1.54) is 0 Å². The van der Waals surface area contributed by atoms with E-state index in [2.05, 4.69) is 4.98 Å². The van der Waals surface area contributed by atoms with Crippen molar-refractivity contribution in [2.24, 2.45) is 0 Å². The van der Waals surface area contributed by atoms with Crippen LogP contribution in [0.5, 0.6) is 0 Å². The van der Waals surface area contributed by atoms with Crippen molar-refractivity contribution in [2.75, 3.05) is 6.61 Å². The normalized spacial score (nSPS) is 10.2. The Morgan fingerprint density at radius 3 is 2.48 bits per heavy atom. The van der Waals surface area contributed by atoms with E-state index in [-0.39, 0.29) is 24.5 Å². The molecule has 0 atom stereocenters. The minimum atomic E-state index is -0.574. The van der Waals surface area contributed by atoms with Gasteiger partial charge >= 0.3 is 11.9 Å². The van der Waals surface area contributed by atoms with Gasteiger partial charge in [-0.1, -0.05) is 30.3 Å². The predicted molar refractivity (Wildman–Crippen MR) is 77.0 cm³/mol. The molecule has 5 nitrogen and oxygen atoms in total. The van der Waals surface area contributed by atoms with Gasteiger partial charge in [0.1, 0.15) is 12.3 Å². The lowest BCUT2D eigenvalue weighted by molar-refractivity contribution is 0.0440. The fraction of sp³-hybridized carbons (Fsp3) is 0.250. The molecule has 0 radical (unpaired) electrons. The first-order valence-electron chi connectivity index (χ1n) is 6.69. The fourth-order valence-corrected chi connectivity index (χ4v) is 1.94. The van der Waals surface area contributed by atoms with Gasteiger partial charge in [0.05, 0.1) is 12.2 Å². The van der Waals surface area contributed by atoms with E-state index in [0.717, 1.165) is 5.56 Å². The number of rotatable bonds is 5. The molecule has 0 amide bonds. The Balaban J connectivity index is 2.11. The van der Waals surface area contributed by atoms with E-state index in [4.69, 9.17) is 9.47 Å². The highest BCUT2D eigenvalue weighted by molar-refractivity contribution is 6.03. The number of aromatic nitrogens is 1. The average Bonchev–Trinajstić information content (AvgIpc) is 2.88. The number of ether oxygens (including phenoxy) is 2. The molecule has 0 fully saturated rings. The van der Waals surface area contributed by atoms with E-state index in [1.54, 1.807) is 20.0 Å². The maximum Gasteiger partial charge on any atom is 0.355 e. The molecule has 1 N–H and O–H groups in total. The summed E-state index contributed by atoms with van der Waals surface area (Å²) in [6.45, 7) is 3.85. The minimum absolute atomic E-state index is 0.127. The highest BCUT2D eigenvalue weighted by Crippen LogP contribution is 2.16. The van der Waals surface area contributed by atoms with Crippen molar-refractivity contribution in [3.05, 3.63) is 58.9 Å². The molecule has 2 rings (SSSR count). The number of carbonyl (C=O) groups is 2. The molecular weight excluding hydrogens is 270 g/mol. The van der Waals surface area contributed by atoms with Crippen LogP contribution in [0, 0.1) is 6.92 Å². The highest BCUT2D eigenvalue weighted by Gasteiger charge is 2.23. The Bertz CT molecular complexity index is 631. The van der Waals surface area contributed by atoms with Crippen LogP contribution in [-0.2, 0) is 16.1 Å². The molecule has 1 aromatic heterocycles. The molecule has 2 aromatic rings. The lowest BCUT2D eigenvalue weighted by atomic mass is 10.1. The number of H-pyrrole nitrogens is 1. The Morgan fingerprint density at radius 1 is 1.10 bits per heavy atom. The Morgan fingerprint density at radius 2 is 1.81 bits per heavy atom. The van der Waals surface area contributed by atoms with Crippen LogP contribution in [-0.4, -0.2) is 23.5 Å². The van der Waals surface area contributed by atoms with Gasteiger partial charge in [0, 0.05) is 6.20 Å². The number of benzene rings is 1. The van der Waals surface area contributed by atoms with Gasteiger partial charge < -0.3 is 14.5 Å². The zero-order valence-electron chi connectivity index (χ0n) is 12.0. The topological polar surface area (TPSA) is 68.4 Å². The van der Waals surface area contributed by atoms with Crippen LogP contribution in [0.3, 0.4) is 0 Å². The summed E-state index contributed by atoms with van der Waals surface area (Å²) < 4.78 is 10.2. The monoisotopic (exact) mass is 287 g/mol. The van der Waals surface area contributed by atoms with Crippen LogP contribution in [0.25, 0.3) is 0 Å². The Kier molecular flexibility index (Phi) is 4.77. The molecule has 0 saturated heterocycles. The zero-order chi connectivity index (χ0) is 15.2. The van der Waals surface area contributed by atoms with Crippen molar-refractivity contribution in [2.45, 2.75) is 20.5 Å². The number of hydrogen-bond donors (Lipinski definition) is 1. The van der Waals surface area contributed by atoms with Gasteiger partial charge in [0.2, 0.25) is 0 Å². The maximum absolute atomic E-state index is 12.1. The first-order chi connectivity index (χ1) is 10.1. The SMILES string of the molecule is CCOC(=O)c1c(C)c[nH]c1C(=O)OCc1ccccc1. The van der Waals surface area contributed by atoms with Crippen molar-refractivity contribution in [1.82, 2.24) is 4.98 Å². The molecule has 0 spiro atoms. The zero-order valence-corrected chi connectivity index (χ0v) is 12.0. The maximum atomic E-state index is 12.1. The Labute approximate surface area is 122 Å². The molecule has 0 aliphatic rings. The van der Waals surface area contributed by atoms with Crippen LogP contribution < -0.4 is 0 Å². The third kappa shape index (κ3) is 3.51. The summed E-state index contributed by atoms with van der Waals surface area (Å²) in [6.07, 6.45) is 1.59. The quantitative estimate of drug-likeness (QED) is 0.859. The van der Waals surface area contributed by atoms with Gasteiger partial charge in [-0.15, -0.1) is 0 Å². The van der Waals surface area contributed by atoms with Crippen LogP contribution in [0.15, 0.2) is 36.5 Å². The summed E-state index contributed by atoms with van der Waals surface area (Å²) in [5.41, 5.74) is 1.89. The van der Waals surface area contributed by atoms with E-state index in [1.807, 2.05) is 30.3 Å². The summed E-state index contributed by atoms with van der Waals surface area (Å²) in [6, 6.07) is 9.34. The second-order valence-electron chi connectivity index (χ2n) is 4.50. The van der Waals surface area contributed by atoms with Crippen molar-refractivity contribution in [3.63, 3.8) is 0 Å². The number of esters is 2. The van der Waals surface area contributed by atoms with Crippen LogP contribution in [0.4, 0.5) is 0 Å². The van der Waals surface area contributed by atoms with E-state index in [9.17, 15) is 9.59 Å². The summed E-state index contributed by atoms with van der Waals surface area (Å²) in [4.78, 5) is 26.7. The Hall–Kier alpha value is -2.56. The molecule has 5 heteroatoms. The summed E-state index contributed by atoms with van der Waals surface area (Å²) in [7, 11) is 0. The second kappa shape index (κ2) is 6.74. The summed E-state index contributed by atoms with van der Waals surface area (Å²) in [5.74, 6) is -1.10. The van der Waals surface area contributed by atoms with Crippen molar-refractivity contribution in [3.8, 4) is 0 Å². The molecule has 0 aliphatic heterocycles. The molecule has 0 unspecified atom stereocenters. The smallest absolute Gasteiger partial charge is 0.355 e. The van der Waals surface area contributed by atoms with Gasteiger partial charge in [-0.25, -0.2) is 9.59 Å². The van der Waals surface area contributed by atoms with Gasteiger partial charge in [0.15, 0.2) is 0 Å². The number of hydrogen-bond acceptors (Lipinski definition) is 4. The number of aryl methyl sites for hydroxylation is 1. The number of nitrogens with one attached hydrogen (secondary N) is 1. The first-order valence-corrected chi connectivity index (χ1v) is 6.69. The average molecular weight is 287 g/mol. The standard InChI is InChI=1S/C16H17NO4/c1-3-20-15(18)13-11(2)9-17-14(13)16(19)21-10-12-7-5-4-6-8-12/h4-9,17H,3,10H2,1-2H3. The lowest BCUT2D eigenvalue weighted by Crippen LogP contribution is -2.14. The molecular formula is C16H17NO4. The third-order valence-electron chi connectivity index (χ3n) is 2.97. The van der Waals surface area contributed by atoms with Crippen LogP contribution in [0.1, 0.15) is 38.9 Å². The highest BCUT2D eigenvalue weighted by atomic mass is 16.5. The van der Waals surface area contributed by atoms with Crippen molar-refractivity contribution < 1.29 is 19.1 Å². The fourth-order valence-electron chi connectivity index (χ4n) is 1.94. The molecule has 21 heavy (non-hydrogen) atoms. The van der Waals surface area contributed by atoms with Crippen molar-refractivity contribution >= 4 is 11.9 Å². The summed E-state index contributed by atoms with van der Waals surface area (Å²) in [5, 5.41) is 0. The van der Waals surface area contributed by atoms with Gasteiger partial charge in [-0.2, -0.15) is 0 Å². The minimum Gasteiger partial charge on any atom is -0.462 e. The van der Waals surface area contributed by atoms with Gasteiger partial charge in [0.25, 0.3) is 0 Å². The first kappa shape index (κ1) is 14.8. The van der Waals surface area contributed by atoms with E-state index >= 15 is 0 Å². The number of aromatic amines is 1. The van der Waals surface area contributed by atoms with E-state index in [0.29, 0.717) is 5.56 Å². The largest absolute Gasteiger partial charge is 0.462 e. The van der Waals surface area contributed by atoms with E-state index < -0.39 is 11.9 Å². The van der Waals surface area contributed by atoms with Gasteiger partial charge in [-0.05, 0) is 25.0 Å². The van der Waals surface area contributed by atoms with Gasteiger partial charge in [-0.3, -0.25) is 0 Å². The molecule has 1 aromatic carbocycles. The molecule has 0 aliphatic carbocycles. The van der Waals surface area contributed by atoms with Crippen LogP contribution >= 0.6 is 0 Å². The lowest BCUT2D eigenvalue weighted by Gasteiger charge is -2.06. The van der Waals surface area contributed by atoms with Crippen molar-refractivity contribution in [1.29, 1.82) is 0 Å². The second-order valence-corrected chi connectivity index (χ2v) is 4.50. The molecule has 1 heterocycles. The molecule has 110 valence electrons.